The number of rotatable bonds is 8. The molecule has 146 valence electrons. The molecule has 26 heavy (non-hydrogen) atoms. The lowest BCUT2D eigenvalue weighted by Crippen LogP contribution is -2.36. The number of aliphatic imine (C=N–C) groups is 1. The monoisotopic (exact) mass is 361 g/mol. The van der Waals surface area contributed by atoms with Gasteiger partial charge in [-0.05, 0) is 55.9 Å². The molecule has 5 heteroatoms. The first-order valence-electron chi connectivity index (χ1n) is 10.0. The summed E-state index contributed by atoms with van der Waals surface area (Å²) in [6.45, 7) is 5.59. The lowest BCUT2D eigenvalue weighted by atomic mass is 9.80. The minimum atomic E-state index is 0.0120. The van der Waals surface area contributed by atoms with Crippen LogP contribution in [0.4, 0.5) is 0 Å². The van der Waals surface area contributed by atoms with Gasteiger partial charge in [-0.3, -0.25) is 14.7 Å². The Bertz CT molecular complexity index is 586. The largest absolute Gasteiger partial charge is 0.384 e. The van der Waals surface area contributed by atoms with Crippen LogP contribution >= 0.6 is 0 Å². The molecule has 1 aliphatic heterocycles. The number of hydrogen-bond acceptors (Lipinski definition) is 5. The normalized spacial score (nSPS) is 32.0. The summed E-state index contributed by atoms with van der Waals surface area (Å²) in [6.07, 6.45) is 10.6. The molecular formula is C21H35N3O2. The van der Waals surface area contributed by atoms with Crippen molar-refractivity contribution in [1.82, 2.24) is 9.80 Å². The Morgan fingerprint density at radius 1 is 1.27 bits per heavy atom. The number of carbonyl (C=O) groups excluding carboxylic acids is 1. The minimum Gasteiger partial charge on any atom is -0.384 e. The maximum atomic E-state index is 11.3. The number of Topliss-reactive ketones (excluding diaryl/α,β-unsaturated/α-hetero) is 1. The van der Waals surface area contributed by atoms with E-state index >= 15 is 0 Å². The van der Waals surface area contributed by atoms with Gasteiger partial charge in [0.25, 0.3) is 0 Å². The second-order valence-electron chi connectivity index (χ2n) is 9.04. The quantitative estimate of drug-likeness (QED) is 0.623. The molecule has 0 aromatic heterocycles. The summed E-state index contributed by atoms with van der Waals surface area (Å²) in [4.78, 5) is 20.5. The van der Waals surface area contributed by atoms with Gasteiger partial charge in [-0.15, -0.1) is 0 Å². The lowest BCUT2D eigenvalue weighted by Gasteiger charge is -2.35. The van der Waals surface area contributed by atoms with Crippen molar-refractivity contribution in [3.8, 4) is 0 Å². The van der Waals surface area contributed by atoms with E-state index in [-0.39, 0.29) is 5.78 Å². The second-order valence-corrected chi connectivity index (χ2v) is 9.04. The molecule has 2 saturated carbocycles. The fourth-order valence-corrected chi connectivity index (χ4v) is 5.44. The van der Waals surface area contributed by atoms with Gasteiger partial charge < -0.3 is 9.64 Å². The first-order valence-corrected chi connectivity index (χ1v) is 10.0. The Balaban J connectivity index is 1.59. The average Bonchev–Trinajstić information content (AvgIpc) is 3.14. The fraction of sp³-hybridized carbons (Fsp3) is 0.810. The van der Waals surface area contributed by atoms with Gasteiger partial charge in [0, 0.05) is 53.3 Å². The SMILES string of the molecule is COCC12CCC(CCN3CCC(N(C)C)=C(/N=C/C(C)=O)C3)(CC1)C2. The van der Waals surface area contributed by atoms with Crippen LogP contribution in [0.5, 0.6) is 0 Å². The molecule has 0 saturated heterocycles. The zero-order valence-corrected chi connectivity index (χ0v) is 17.0. The van der Waals surface area contributed by atoms with Crippen molar-refractivity contribution in [1.29, 1.82) is 0 Å². The maximum absolute atomic E-state index is 11.3. The highest BCUT2D eigenvalue weighted by Gasteiger charge is 2.53. The number of ketones is 1. The van der Waals surface area contributed by atoms with Gasteiger partial charge in [-0.2, -0.15) is 0 Å². The van der Waals surface area contributed by atoms with E-state index in [2.05, 4.69) is 28.9 Å². The highest BCUT2D eigenvalue weighted by molar-refractivity contribution is 6.26. The van der Waals surface area contributed by atoms with Gasteiger partial charge in [0.1, 0.15) is 0 Å². The van der Waals surface area contributed by atoms with Crippen molar-refractivity contribution in [2.45, 2.75) is 51.9 Å². The molecule has 2 aliphatic carbocycles. The fourth-order valence-electron chi connectivity index (χ4n) is 5.44. The van der Waals surface area contributed by atoms with Crippen LogP contribution in [0.15, 0.2) is 16.4 Å². The molecule has 2 fully saturated rings. The van der Waals surface area contributed by atoms with Gasteiger partial charge in [-0.25, -0.2) is 0 Å². The van der Waals surface area contributed by atoms with Gasteiger partial charge >= 0.3 is 0 Å². The minimum absolute atomic E-state index is 0.0120. The van der Waals surface area contributed by atoms with Crippen molar-refractivity contribution in [2.75, 3.05) is 47.4 Å². The highest BCUT2D eigenvalue weighted by atomic mass is 16.5. The summed E-state index contributed by atoms with van der Waals surface area (Å²) in [5, 5.41) is 0. The molecule has 0 radical (unpaired) electrons. The Kier molecular flexibility index (Phi) is 5.88. The Labute approximate surface area is 158 Å². The number of hydrogen-bond donors (Lipinski definition) is 0. The van der Waals surface area contributed by atoms with Crippen LogP contribution in [0, 0.1) is 10.8 Å². The third-order valence-electron chi connectivity index (χ3n) is 6.84. The van der Waals surface area contributed by atoms with Crippen LogP contribution in [-0.4, -0.2) is 69.2 Å². The molecule has 3 aliphatic rings. The van der Waals surface area contributed by atoms with Crippen molar-refractivity contribution < 1.29 is 9.53 Å². The smallest absolute Gasteiger partial charge is 0.170 e. The average molecular weight is 362 g/mol. The molecule has 0 amide bonds. The molecule has 2 bridgehead atoms. The van der Waals surface area contributed by atoms with Crippen molar-refractivity contribution >= 4 is 12.0 Å². The van der Waals surface area contributed by atoms with Crippen LogP contribution < -0.4 is 0 Å². The lowest BCUT2D eigenvalue weighted by molar-refractivity contribution is -0.110. The van der Waals surface area contributed by atoms with E-state index in [1.165, 1.54) is 50.4 Å². The molecule has 3 rings (SSSR count). The van der Waals surface area contributed by atoms with Crippen molar-refractivity contribution in [3.63, 3.8) is 0 Å². The third kappa shape index (κ3) is 4.20. The predicted molar refractivity (Wildman–Crippen MR) is 105 cm³/mol. The molecule has 0 atom stereocenters. The Hall–Kier alpha value is -1.20. The number of ether oxygens (including phenoxy) is 1. The number of carbonyl (C=O) groups is 1. The van der Waals surface area contributed by atoms with Gasteiger partial charge in [0.05, 0.1) is 18.5 Å². The molecule has 1 heterocycles. The van der Waals surface area contributed by atoms with Gasteiger partial charge in [-0.1, -0.05) is 0 Å². The highest BCUT2D eigenvalue weighted by Crippen LogP contribution is 2.63. The van der Waals surface area contributed by atoms with E-state index in [4.69, 9.17) is 4.74 Å². The van der Waals surface area contributed by atoms with E-state index < -0.39 is 0 Å². The topological polar surface area (TPSA) is 45.1 Å². The summed E-state index contributed by atoms with van der Waals surface area (Å²) in [6, 6.07) is 0. The van der Waals surface area contributed by atoms with Gasteiger partial charge in [0.15, 0.2) is 5.78 Å². The number of nitrogens with zero attached hydrogens (tertiary/aromatic N) is 3. The molecule has 0 N–H and O–H groups in total. The zero-order chi connectivity index (χ0) is 18.8. The summed E-state index contributed by atoms with van der Waals surface area (Å²) in [5.41, 5.74) is 3.34. The molecule has 0 spiro atoms. The standard InChI is InChI=1S/C21H35N3O2/c1-17(25)13-22-18-14-24(11-5-19(18)23(2)3)12-10-20-6-8-21(15-20,9-7-20)16-26-4/h13H,5-12,14-16H2,1-4H3/b22-13+. The summed E-state index contributed by atoms with van der Waals surface area (Å²) >= 11 is 0. The van der Waals surface area contributed by atoms with Crippen molar-refractivity contribution in [3.05, 3.63) is 11.4 Å². The van der Waals surface area contributed by atoms with Crippen LogP contribution in [0.3, 0.4) is 0 Å². The zero-order valence-electron chi connectivity index (χ0n) is 17.0. The third-order valence-corrected chi connectivity index (χ3v) is 6.84. The predicted octanol–water partition coefficient (Wildman–Crippen LogP) is 3.11. The van der Waals surface area contributed by atoms with Crippen LogP contribution in [0.25, 0.3) is 0 Å². The molecule has 0 aromatic carbocycles. The van der Waals surface area contributed by atoms with E-state index in [9.17, 15) is 4.79 Å². The van der Waals surface area contributed by atoms with Gasteiger partial charge in [0.2, 0.25) is 0 Å². The molecule has 0 aromatic rings. The molecule has 0 unspecified atom stereocenters. The summed E-state index contributed by atoms with van der Waals surface area (Å²) in [5.74, 6) is 0.0120. The number of fused-ring (bicyclic) bond motifs is 2. The first kappa shape index (κ1) is 19.6. The molecular weight excluding hydrogens is 326 g/mol. The van der Waals surface area contributed by atoms with E-state index in [1.54, 1.807) is 6.92 Å². The summed E-state index contributed by atoms with van der Waals surface area (Å²) in [7, 11) is 5.98. The van der Waals surface area contributed by atoms with E-state index in [0.29, 0.717) is 10.8 Å². The van der Waals surface area contributed by atoms with Crippen LogP contribution in [0.2, 0.25) is 0 Å². The first-order chi connectivity index (χ1) is 12.4. The summed E-state index contributed by atoms with van der Waals surface area (Å²) < 4.78 is 5.52. The van der Waals surface area contributed by atoms with Crippen molar-refractivity contribution in [2.24, 2.45) is 15.8 Å². The van der Waals surface area contributed by atoms with E-state index in [1.807, 2.05) is 7.11 Å². The number of methoxy groups -OCH3 is 1. The molecule has 5 nitrogen and oxygen atoms in total. The van der Waals surface area contributed by atoms with E-state index in [0.717, 1.165) is 38.4 Å². The van der Waals surface area contributed by atoms with Crippen LogP contribution in [0.1, 0.15) is 51.9 Å². The Morgan fingerprint density at radius 2 is 1.96 bits per heavy atom. The second kappa shape index (κ2) is 7.81. The maximum Gasteiger partial charge on any atom is 0.170 e. The van der Waals surface area contributed by atoms with Crippen LogP contribution in [-0.2, 0) is 9.53 Å². The Morgan fingerprint density at radius 3 is 2.58 bits per heavy atom.